The molecular formula is C45H67Cl4N13O6. The Balaban J connectivity index is 2.09. The molecule has 0 aliphatic heterocycles. The molecule has 3 rings (SSSR count). The number of hydrogen-bond acceptors (Lipinski definition) is 12. The molecule has 0 aliphatic rings. The van der Waals surface area contributed by atoms with Crippen LogP contribution >= 0.6 is 46.4 Å². The van der Waals surface area contributed by atoms with Gasteiger partial charge in [-0.3, -0.25) is 34.0 Å². The summed E-state index contributed by atoms with van der Waals surface area (Å²) in [6.45, 7) is 1.67. The summed E-state index contributed by atoms with van der Waals surface area (Å²) in [5.41, 5.74) is 25.7. The highest BCUT2D eigenvalue weighted by Crippen LogP contribution is 2.27. The number of esters is 1. The van der Waals surface area contributed by atoms with Crippen molar-refractivity contribution in [2.45, 2.75) is 80.8 Å². The third-order valence-corrected chi connectivity index (χ3v) is 11.7. The summed E-state index contributed by atoms with van der Waals surface area (Å²) < 4.78 is 5.06. The summed E-state index contributed by atoms with van der Waals surface area (Å²) in [6.07, 6.45) is 4.21. The molecular weight excluding hydrogens is 960 g/mol. The first kappa shape index (κ1) is 57.6. The second-order valence-corrected chi connectivity index (χ2v) is 17.3. The number of alkyl halides is 4. The van der Waals surface area contributed by atoms with Crippen LogP contribution in [0.2, 0.25) is 0 Å². The smallest absolute Gasteiger partial charge is 0.328 e. The van der Waals surface area contributed by atoms with Gasteiger partial charge in [0.05, 0.1) is 25.5 Å². The Morgan fingerprint density at radius 2 is 1.19 bits per heavy atom. The number of amides is 4. The second kappa shape index (κ2) is 32.2. The molecule has 13 N–H and O–H groups in total. The minimum Gasteiger partial charge on any atom is -0.467 e. The molecule has 0 spiro atoms. The summed E-state index contributed by atoms with van der Waals surface area (Å²) in [6, 6.07) is 10.2. The zero-order valence-corrected chi connectivity index (χ0v) is 41.4. The van der Waals surface area contributed by atoms with Crippen molar-refractivity contribution in [2.24, 2.45) is 27.9 Å². The molecule has 4 amide bonds. The Morgan fingerprint density at radius 3 is 1.69 bits per heavy atom. The molecule has 23 heteroatoms. The number of nitrogens with one attached hydrogen (secondary N) is 5. The average molecular weight is 1030 g/mol. The molecule has 2 unspecified atom stereocenters. The van der Waals surface area contributed by atoms with Crippen LogP contribution in [0.4, 0.5) is 0 Å². The molecule has 1 heterocycles. The minimum absolute atomic E-state index is 0.0105. The van der Waals surface area contributed by atoms with Crippen LogP contribution in [-0.2, 0) is 35.1 Å². The van der Waals surface area contributed by atoms with Gasteiger partial charge in [-0.25, -0.2) is 9.78 Å². The van der Waals surface area contributed by atoms with E-state index in [1.807, 2.05) is 40.1 Å². The Labute approximate surface area is 418 Å². The first-order valence-corrected chi connectivity index (χ1v) is 24.6. The van der Waals surface area contributed by atoms with Crippen molar-refractivity contribution in [1.82, 2.24) is 41.0 Å². The van der Waals surface area contributed by atoms with Gasteiger partial charge < -0.3 is 53.9 Å². The SMILES string of the molecule is COC(=O)[C@@H](Cc1cnc[nH]1)NC(=O)[C@@H](NC(=O)[C@H](CCCCN)NC(=O)[C@H](CCCN=C(N)N)NC(=O)[C@@H](N)C(c1ccccc1)N(CCCl)CCCl)C(c1ccccc1)N(CCCl)CCCl. The number of carbonyl (C=O) groups excluding carboxylic acids is 5. The molecule has 68 heavy (non-hydrogen) atoms. The predicted octanol–water partition coefficient (Wildman–Crippen LogP) is 1.62. The fraction of sp³-hybridized carbons (Fsp3) is 0.533. The highest BCUT2D eigenvalue weighted by molar-refractivity contribution is 6.18. The number of rotatable bonds is 33. The lowest BCUT2D eigenvalue weighted by molar-refractivity contribution is -0.145. The number of ether oxygens (including phenoxy) is 1. The van der Waals surface area contributed by atoms with E-state index in [1.54, 1.807) is 30.3 Å². The van der Waals surface area contributed by atoms with Crippen LogP contribution in [0.1, 0.15) is 61.0 Å². The number of aromatic amines is 1. The molecule has 0 saturated heterocycles. The topological polar surface area (TPSA) is 294 Å². The molecule has 0 saturated carbocycles. The van der Waals surface area contributed by atoms with Crippen LogP contribution in [0.15, 0.2) is 78.2 Å². The summed E-state index contributed by atoms with van der Waals surface area (Å²) in [5, 5.41) is 11.4. The maximum absolute atomic E-state index is 14.8. The predicted molar refractivity (Wildman–Crippen MR) is 267 cm³/mol. The Hall–Kier alpha value is -4.73. The van der Waals surface area contributed by atoms with Gasteiger partial charge >= 0.3 is 5.97 Å². The van der Waals surface area contributed by atoms with Crippen LogP contribution < -0.4 is 44.2 Å². The number of benzene rings is 2. The average Bonchev–Trinajstić information content (AvgIpc) is 3.85. The summed E-state index contributed by atoms with van der Waals surface area (Å²) in [4.78, 5) is 86.3. The van der Waals surface area contributed by atoms with Crippen molar-refractivity contribution in [1.29, 1.82) is 0 Å². The Bertz CT molecular complexity index is 1960. The summed E-state index contributed by atoms with van der Waals surface area (Å²) in [7, 11) is 1.20. The van der Waals surface area contributed by atoms with Crippen molar-refractivity contribution >= 4 is 82.0 Å². The number of aromatic nitrogens is 2. The second-order valence-electron chi connectivity index (χ2n) is 15.8. The van der Waals surface area contributed by atoms with E-state index in [-0.39, 0.29) is 74.8 Å². The van der Waals surface area contributed by atoms with Gasteiger partial charge in [0, 0.05) is 74.6 Å². The zero-order valence-electron chi connectivity index (χ0n) is 38.3. The first-order valence-electron chi connectivity index (χ1n) is 22.4. The van der Waals surface area contributed by atoms with Crippen LogP contribution in [0, 0.1) is 0 Å². The van der Waals surface area contributed by atoms with Crippen molar-refractivity contribution < 1.29 is 28.7 Å². The molecule has 376 valence electrons. The third-order valence-electron chi connectivity index (χ3n) is 11.0. The van der Waals surface area contributed by atoms with Crippen LogP contribution in [0.5, 0.6) is 0 Å². The standard InChI is InChI=1S/C45H67Cl4N13O6/c1-68-44(67)35(27-32-28-54-29-56-32)59-43(66)37(39(31-13-6-3-7-14-31)62(25-19-48)26-20-49)60-41(64)33(15-8-9-21-50)57-40(63)34(16-10-22-55-45(52)53)58-42(65)36(51)38(30-11-4-2-5-12-30)61(23-17-46)24-18-47/h2-7,11-14,28-29,33-39H,8-10,15-27,50-51H2,1H3,(H,54,56)(H,57,63)(H,58,65)(H,59,66)(H,60,64)(H4,52,53,55)/t33-,34-,35+,36-,37-,38?,39?/m0/s1. The Kier molecular flexibility index (Phi) is 27.2. The van der Waals surface area contributed by atoms with E-state index < -0.39 is 71.9 Å². The van der Waals surface area contributed by atoms with Gasteiger partial charge in [0.1, 0.15) is 30.2 Å². The van der Waals surface area contributed by atoms with E-state index in [0.717, 1.165) is 5.56 Å². The van der Waals surface area contributed by atoms with Gasteiger partial charge in [-0.1, -0.05) is 60.7 Å². The number of halogens is 4. The van der Waals surface area contributed by atoms with Gasteiger partial charge in [-0.15, -0.1) is 46.4 Å². The number of nitrogens with two attached hydrogens (primary N) is 4. The number of nitrogens with zero attached hydrogens (tertiary/aromatic N) is 4. The van der Waals surface area contributed by atoms with Crippen LogP contribution in [0.3, 0.4) is 0 Å². The molecule has 0 aliphatic carbocycles. The number of imidazole rings is 1. The first-order chi connectivity index (χ1) is 32.8. The number of carbonyl (C=O) groups is 5. The molecule has 0 bridgehead atoms. The number of H-pyrrole nitrogens is 1. The molecule has 19 nitrogen and oxygen atoms in total. The normalized spacial score (nSPS) is 14.4. The van der Waals surface area contributed by atoms with E-state index >= 15 is 0 Å². The highest BCUT2D eigenvalue weighted by atomic mass is 35.5. The Morgan fingerprint density at radius 1 is 0.691 bits per heavy atom. The molecule has 3 aromatic rings. The largest absolute Gasteiger partial charge is 0.467 e. The lowest BCUT2D eigenvalue weighted by Crippen LogP contribution is -2.61. The fourth-order valence-electron chi connectivity index (χ4n) is 7.75. The molecule has 7 atom stereocenters. The monoisotopic (exact) mass is 1030 g/mol. The quantitative estimate of drug-likeness (QED) is 0.0138. The van der Waals surface area contributed by atoms with E-state index in [0.29, 0.717) is 43.7 Å². The maximum atomic E-state index is 14.8. The maximum Gasteiger partial charge on any atom is 0.328 e. The van der Waals surface area contributed by atoms with Crippen molar-refractivity contribution in [3.05, 3.63) is 90.0 Å². The number of hydrogen-bond donors (Lipinski definition) is 9. The number of guanidine groups is 1. The molecule has 0 fully saturated rings. The summed E-state index contributed by atoms with van der Waals surface area (Å²) in [5.74, 6) is -2.98. The zero-order chi connectivity index (χ0) is 49.8. The van der Waals surface area contributed by atoms with E-state index in [9.17, 15) is 24.0 Å². The lowest BCUT2D eigenvalue weighted by Gasteiger charge is -2.37. The van der Waals surface area contributed by atoms with Gasteiger partial charge in [-0.2, -0.15) is 0 Å². The van der Waals surface area contributed by atoms with Gasteiger partial charge in [0.15, 0.2) is 5.96 Å². The molecule has 2 aromatic carbocycles. The third kappa shape index (κ3) is 19.0. The minimum atomic E-state index is -1.41. The molecule has 1 aromatic heterocycles. The van der Waals surface area contributed by atoms with E-state index in [4.69, 9.17) is 74.1 Å². The van der Waals surface area contributed by atoms with Crippen LogP contribution in [-0.4, -0.2) is 155 Å². The van der Waals surface area contributed by atoms with Crippen LogP contribution in [0.25, 0.3) is 0 Å². The van der Waals surface area contributed by atoms with E-state index in [1.165, 1.54) is 19.6 Å². The van der Waals surface area contributed by atoms with Gasteiger partial charge in [-0.05, 0) is 49.8 Å². The number of unbranched alkanes of at least 4 members (excludes halogenated alkanes) is 1. The lowest BCUT2D eigenvalue weighted by atomic mass is 9.95. The summed E-state index contributed by atoms with van der Waals surface area (Å²) >= 11 is 25.0. The fourth-order valence-corrected chi connectivity index (χ4v) is 8.62. The van der Waals surface area contributed by atoms with E-state index in [2.05, 4.69) is 36.2 Å². The van der Waals surface area contributed by atoms with Crippen molar-refractivity contribution in [3.63, 3.8) is 0 Å². The number of aliphatic imine (C=N–C) groups is 1. The van der Waals surface area contributed by atoms with Gasteiger partial charge in [0.25, 0.3) is 0 Å². The van der Waals surface area contributed by atoms with Gasteiger partial charge in [0.2, 0.25) is 23.6 Å². The highest BCUT2D eigenvalue weighted by Gasteiger charge is 2.40. The number of methoxy groups -OCH3 is 1. The molecule has 0 radical (unpaired) electrons. The van der Waals surface area contributed by atoms with Crippen molar-refractivity contribution in [2.75, 3.05) is 69.9 Å². The van der Waals surface area contributed by atoms with Crippen molar-refractivity contribution in [3.8, 4) is 0 Å².